The minimum absolute atomic E-state index is 0.0417. The molecule has 1 aromatic carbocycles. The van der Waals surface area contributed by atoms with Gasteiger partial charge in [-0.05, 0) is 37.1 Å². The highest BCUT2D eigenvalue weighted by molar-refractivity contribution is 9.10. The summed E-state index contributed by atoms with van der Waals surface area (Å²) in [6.45, 7) is 2.68. The quantitative estimate of drug-likeness (QED) is 0.686. The summed E-state index contributed by atoms with van der Waals surface area (Å²) >= 11 is 3.42. The Labute approximate surface area is 157 Å². The van der Waals surface area contributed by atoms with Crippen molar-refractivity contribution < 1.29 is 14.3 Å². The Morgan fingerprint density at radius 3 is 2.88 bits per heavy atom. The van der Waals surface area contributed by atoms with Crippen LogP contribution in [-0.2, 0) is 9.53 Å². The Hall–Kier alpha value is -1.39. The van der Waals surface area contributed by atoms with E-state index in [1.54, 1.807) is 0 Å². The van der Waals surface area contributed by atoms with Crippen LogP contribution in [0.25, 0.3) is 0 Å². The summed E-state index contributed by atoms with van der Waals surface area (Å²) in [6, 6.07) is 7.78. The average Bonchev–Trinajstić information content (AvgIpc) is 2.61. The lowest BCUT2D eigenvalue weighted by Crippen LogP contribution is -2.53. The van der Waals surface area contributed by atoms with E-state index in [0.29, 0.717) is 18.8 Å². The first-order valence-corrected chi connectivity index (χ1v) is 9.78. The number of hydrogen-bond acceptors (Lipinski definition) is 3. The number of Topliss-reactive ketones (excluding diaryl/α,β-unsaturated/α-hetero) is 1. The molecule has 0 saturated heterocycles. The van der Waals surface area contributed by atoms with Crippen LogP contribution < -0.4 is 4.74 Å². The summed E-state index contributed by atoms with van der Waals surface area (Å²) < 4.78 is 13.1. The lowest BCUT2D eigenvalue weighted by Gasteiger charge is -2.51. The normalized spacial score (nSPS) is 36.6. The number of ketones is 1. The van der Waals surface area contributed by atoms with Gasteiger partial charge in [0, 0.05) is 28.1 Å². The summed E-state index contributed by atoms with van der Waals surface area (Å²) in [5, 5.41) is 0. The van der Waals surface area contributed by atoms with Gasteiger partial charge < -0.3 is 9.47 Å². The van der Waals surface area contributed by atoms with Crippen LogP contribution in [0.1, 0.15) is 26.2 Å². The molecule has 0 N–H and O–H groups in total. The Morgan fingerprint density at radius 2 is 2.08 bits per heavy atom. The third-order valence-electron chi connectivity index (χ3n) is 5.87. The maximum atomic E-state index is 12.6. The molecule has 0 unspecified atom stereocenters. The lowest BCUT2D eigenvalue weighted by molar-refractivity contribution is -0.147. The number of carbonyl (C=O) groups is 1. The summed E-state index contributed by atoms with van der Waals surface area (Å²) in [5.41, 5.74) is -0.105. The molecule has 1 aromatic rings. The number of allylic oxidation sites excluding steroid dienone is 2. The number of halogens is 1. The Balaban J connectivity index is 1.47. The summed E-state index contributed by atoms with van der Waals surface area (Å²) in [6.07, 6.45) is 11.2. The molecule has 1 fully saturated rings. The summed E-state index contributed by atoms with van der Waals surface area (Å²) in [7, 11) is 0. The molecule has 1 aliphatic heterocycles. The van der Waals surface area contributed by atoms with Crippen molar-refractivity contribution in [1.29, 1.82) is 0 Å². The van der Waals surface area contributed by atoms with E-state index in [9.17, 15) is 4.79 Å². The van der Waals surface area contributed by atoms with Crippen LogP contribution >= 0.6 is 15.9 Å². The zero-order chi connectivity index (χ0) is 17.4. The van der Waals surface area contributed by atoms with Crippen molar-refractivity contribution >= 4 is 21.7 Å². The molecule has 0 amide bonds. The van der Waals surface area contributed by atoms with E-state index in [2.05, 4.69) is 47.2 Å². The molecular weight excluding hydrogens is 380 g/mol. The van der Waals surface area contributed by atoms with E-state index in [4.69, 9.17) is 9.47 Å². The largest absolute Gasteiger partial charge is 0.491 e. The second kappa shape index (κ2) is 6.73. The van der Waals surface area contributed by atoms with E-state index >= 15 is 0 Å². The third-order valence-corrected chi connectivity index (χ3v) is 6.40. The van der Waals surface area contributed by atoms with Gasteiger partial charge in [0.1, 0.15) is 24.2 Å². The van der Waals surface area contributed by atoms with Gasteiger partial charge >= 0.3 is 0 Å². The number of hydrogen-bond donors (Lipinski definition) is 0. The second-order valence-corrected chi connectivity index (χ2v) is 8.37. The fourth-order valence-corrected chi connectivity index (χ4v) is 4.79. The van der Waals surface area contributed by atoms with E-state index in [1.807, 2.05) is 24.3 Å². The van der Waals surface area contributed by atoms with Crippen molar-refractivity contribution in [2.75, 3.05) is 6.61 Å². The van der Waals surface area contributed by atoms with Gasteiger partial charge in [-0.3, -0.25) is 4.79 Å². The Morgan fingerprint density at radius 1 is 1.28 bits per heavy atom. The van der Waals surface area contributed by atoms with E-state index in [-0.39, 0.29) is 29.5 Å². The number of benzene rings is 1. The molecule has 25 heavy (non-hydrogen) atoms. The lowest BCUT2D eigenvalue weighted by atomic mass is 9.56. The van der Waals surface area contributed by atoms with Crippen LogP contribution in [0.3, 0.4) is 0 Å². The number of carbonyl (C=O) groups excluding carboxylic acids is 1. The molecule has 0 spiro atoms. The van der Waals surface area contributed by atoms with Crippen LogP contribution in [0.2, 0.25) is 0 Å². The highest BCUT2D eigenvalue weighted by Crippen LogP contribution is 2.51. The van der Waals surface area contributed by atoms with Crippen molar-refractivity contribution in [2.24, 2.45) is 17.3 Å². The Kier molecular flexibility index (Phi) is 4.59. The van der Waals surface area contributed by atoms with Gasteiger partial charge in [-0.25, -0.2) is 0 Å². The van der Waals surface area contributed by atoms with Crippen molar-refractivity contribution in [1.82, 2.24) is 0 Å². The first kappa shape index (κ1) is 17.0. The molecule has 5 atom stereocenters. The maximum absolute atomic E-state index is 12.6. The Bertz CT molecular complexity index is 708. The van der Waals surface area contributed by atoms with E-state index in [1.165, 1.54) is 0 Å². The maximum Gasteiger partial charge on any atom is 0.139 e. The number of fused-ring (bicyclic) bond motifs is 3. The van der Waals surface area contributed by atoms with Crippen molar-refractivity contribution in [3.05, 3.63) is 53.0 Å². The molecule has 3 aliphatic rings. The monoisotopic (exact) mass is 402 g/mol. The molecule has 132 valence electrons. The molecule has 0 radical (unpaired) electrons. The van der Waals surface area contributed by atoms with Gasteiger partial charge in [-0.15, -0.1) is 0 Å². The summed E-state index contributed by atoms with van der Waals surface area (Å²) in [5.74, 6) is 1.60. The zero-order valence-electron chi connectivity index (χ0n) is 14.4. The fourth-order valence-electron chi connectivity index (χ4n) is 4.53. The number of rotatable bonds is 3. The smallest absolute Gasteiger partial charge is 0.139 e. The first-order chi connectivity index (χ1) is 12.1. The van der Waals surface area contributed by atoms with Gasteiger partial charge in [-0.1, -0.05) is 47.2 Å². The van der Waals surface area contributed by atoms with E-state index in [0.717, 1.165) is 23.1 Å². The van der Waals surface area contributed by atoms with Gasteiger partial charge in [0.05, 0.1) is 6.10 Å². The average molecular weight is 403 g/mol. The molecule has 1 saturated carbocycles. The van der Waals surface area contributed by atoms with Crippen LogP contribution in [0.15, 0.2) is 53.0 Å². The van der Waals surface area contributed by atoms with E-state index < -0.39 is 0 Å². The molecule has 4 rings (SSSR count). The van der Waals surface area contributed by atoms with Crippen LogP contribution in [-0.4, -0.2) is 24.6 Å². The minimum Gasteiger partial charge on any atom is -0.491 e. The SMILES string of the molecule is C[C@@]12C=CCC[C@@H]1C(=O)C[C@H]1O[C@H](COc3ccc(Br)cc3)C=C[C@@H]12. The molecule has 0 bridgehead atoms. The summed E-state index contributed by atoms with van der Waals surface area (Å²) in [4.78, 5) is 12.6. The van der Waals surface area contributed by atoms with Crippen molar-refractivity contribution in [2.45, 2.75) is 38.4 Å². The molecule has 2 aliphatic carbocycles. The van der Waals surface area contributed by atoms with Gasteiger partial charge in [0.2, 0.25) is 0 Å². The predicted octanol–water partition coefficient (Wildman–Crippen LogP) is 4.71. The number of ether oxygens (including phenoxy) is 2. The molecule has 0 aromatic heterocycles. The molecular formula is C21H23BrO3. The highest BCUT2D eigenvalue weighted by atomic mass is 79.9. The fraction of sp³-hybridized carbons (Fsp3) is 0.476. The van der Waals surface area contributed by atoms with Gasteiger partial charge in [0.15, 0.2) is 0 Å². The minimum atomic E-state index is -0.106. The first-order valence-electron chi connectivity index (χ1n) is 8.99. The van der Waals surface area contributed by atoms with Crippen molar-refractivity contribution in [3.63, 3.8) is 0 Å². The standard InChI is InChI=1S/C21H23BrO3/c1-21-11-3-2-4-17(21)19(23)12-20-18(21)10-9-16(25-20)13-24-15-7-5-14(22)6-8-15/h3,5-11,16-18,20H,2,4,12-13H2,1H3/t16-,17+,18-,20+,21+/m0/s1. The molecule has 4 heteroatoms. The van der Waals surface area contributed by atoms with Gasteiger partial charge in [-0.2, -0.15) is 0 Å². The molecule has 1 heterocycles. The van der Waals surface area contributed by atoms with Crippen LogP contribution in [0.5, 0.6) is 5.75 Å². The zero-order valence-corrected chi connectivity index (χ0v) is 15.9. The van der Waals surface area contributed by atoms with Crippen LogP contribution in [0.4, 0.5) is 0 Å². The molecule has 3 nitrogen and oxygen atoms in total. The predicted molar refractivity (Wildman–Crippen MR) is 101 cm³/mol. The topological polar surface area (TPSA) is 35.5 Å². The highest BCUT2D eigenvalue weighted by Gasteiger charge is 2.52. The van der Waals surface area contributed by atoms with Crippen LogP contribution in [0, 0.1) is 17.3 Å². The van der Waals surface area contributed by atoms with Crippen molar-refractivity contribution in [3.8, 4) is 5.75 Å². The second-order valence-electron chi connectivity index (χ2n) is 7.46. The van der Waals surface area contributed by atoms with Gasteiger partial charge in [0.25, 0.3) is 0 Å². The third kappa shape index (κ3) is 3.22.